The van der Waals surface area contributed by atoms with Crippen LogP contribution in [0.2, 0.25) is 0 Å². The maximum Gasteiger partial charge on any atom is 0.170 e. The first-order chi connectivity index (χ1) is 8.58. The van der Waals surface area contributed by atoms with Gasteiger partial charge < -0.3 is 9.52 Å². The lowest BCUT2D eigenvalue weighted by Gasteiger charge is -2.33. The van der Waals surface area contributed by atoms with Crippen LogP contribution >= 0.6 is 0 Å². The van der Waals surface area contributed by atoms with Gasteiger partial charge in [-0.1, -0.05) is 25.5 Å². The van der Waals surface area contributed by atoms with E-state index in [0.717, 1.165) is 18.2 Å². The molecule has 2 atom stereocenters. The molecule has 0 bridgehead atoms. The predicted molar refractivity (Wildman–Crippen MR) is 67.7 cm³/mol. The van der Waals surface area contributed by atoms with Crippen LogP contribution in [0.25, 0.3) is 11.0 Å². The van der Waals surface area contributed by atoms with Gasteiger partial charge in [0.2, 0.25) is 0 Å². The van der Waals surface area contributed by atoms with Crippen molar-refractivity contribution in [1.29, 1.82) is 0 Å². The van der Waals surface area contributed by atoms with E-state index in [0.29, 0.717) is 24.5 Å². The van der Waals surface area contributed by atoms with Crippen LogP contribution in [0.4, 0.5) is 4.39 Å². The Morgan fingerprint density at radius 3 is 3.00 bits per heavy atom. The van der Waals surface area contributed by atoms with Gasteiger partial charge in [0.1, 0.15) is 11.4 Å². The third kappa shape index (κ3) is 1.83. The Kier molecular flexibility index (Phi) is 2.67. The summed E-state index contributed by atoms with van der Waals surface area (Å²) in [4.78, 5) is 0. The van der Waals surface area contributed by atoms with Gasteiger partial charge >= 0.3 is 0 Å². The molecule has 1 aliphatic carbocycles. The Bertz CT molecular complexity index is 575. The minimum absolute atomic E-state index is 0.249. The van der Waals surface area contributed by atoms with Crippen molar-refractivity contribution in [3.63, 3.8) is 0 Å². The second-order valence-corrected chi connectivity index (χ2v) is 5.50. The quantitative estimate of drug-likeness (QED) is 0.828. The molecule has 3 rings (SSSR count). The van der Waals surface area contributed by atoms with E-state index in [1.165, 1.54) is 6.07 Å². The number of halogens is 1. The van der Waals surface area contributed by atoms with Crippen LogP contribution in [-0.4, -0.2) is 5.11 Å². The summed E-state index contributed by atoms with van der Waals surface area (Å²) < 4.78 is 19.2. The van der Waals surface area contributed by atoms with Crippen LogP contribution in [0.3, 0.4) is 0 Å². The highest BCUT2D eigenvalue weighted by molar-refractivity contribution is 5.78. The van der Waals surface area contributed by atoms with Gasteiger partial charge in [-0.3, -0.25) is 0 Å². The fourth-order valence-corrected chi connectivity index (χ4v) is 3.00. The molecule has 1 saturated carbocycles. The molecule has 1 N–H and O–H groups in total. The molecular weight excluding hydrogens is 231 g/mol. The van der Waals surface area contributed by atoms with Crippen molar-refractivity contribution in [1.82, 2.24) is 0 Å². The van der Waals surface area contributed by atoms with E-state index in [4.69, 9.17) is 4.42 Å². The Balaban J connectivity index is 2.06. The molecule has 0 aliphatic heterocycles. The second-order valence-electron chi connectivity index (χ2n) is 5.50. The topological polar surface area (TPSA) is 33.4 Å². The van der Waals surface area contributed by atoms with Crippen LogP contribution in [-0.2, 0) is 5.60 Å². The lowest BCUT2D eigenvalue weighted by atomic mass is 9.77. The monoisotopic (exact) mass is 248 g/mol. The van der Waals surface area contributed by atoms with E-state index >= 15 is 0 Å². The second kappa shape index (κ2) is 4.09. The molecule has 96 valence electrons. The smallest absolute Gasteiger partial charge is 0.170 e. The summed E-state index contributed by atoms with van der Waals surface area (Å²) in [5.74, 6) is 0.613. The predicted octanol–water partition coefficient (Wildman–Crippen LogP) is 3.97. The number of benzene rings is 1. The molecule has 18 heavy (non-hydrogen) atoms. The number of aliphatic hydroxyl groups is 1. The van der Waals surface area contributed by atoms with E-state index in [9.17, 15) is 9.50 Å². The van der Waals surface area contributed by atoms with Gasteiger partial charge in [0.15, 0.2) is 11.4 Å². The van der Waals surface area contributed by atoms with Crippen molar-refractivity contribution in [3.05, 3.63) is 35.8 Å². The third-order valence-electron chi connectivity index (χ3n) is 3.93. The zero-order valence-corrected chi connectivity index (χ0v) is 10.4. The van der Waals surface area contributed by atoms with Gasteiger partial charge in [0.05, 0.1) is 0 Å². The molecule has 2 aromatic rings. The highest BCUT2D eigenvalue weighted by Gasteiger charge is 2.37. The van der Waals surface area contributed by atoms with Crippen LogP contribution < -0.4 is 0 Å². The molecule has 0 spiro atoms. The van der Waals surface area contributed by atoms with Crippen LogP contribution in [0, 0.1) is 11.7 Å². The normalized spacial score (nSPS) is 28.7. The summed E-state index contributed by atoms with van der Waals surface area (Å²) in [5.41, 5.74) is -0.678. The van der Waals surface area contributed by atoms with Gasteiger partial charge in [-0.25, -0.2) is 4.39 Å². The number of rotatable bonds is 1. The highest BCUT2D eigenvalue weighted by Crippen LogP contribution is 2.41. The van der Waals surface area contributed by atoms with Crippen LogP contribution in [0.5, 0.6) is 0 Å². The first kappa shape index (κ1) is 11.7. The van der Waals surface area contributed by atoms with Crippen molar-refractivity contribution in [2.75, 3.05) is 0 Å². The van der Waals surface area contributed by atoms with Gasteiger partial charge in [-0.05, 0) is 37.3 Å². The van der Waals surface area contributed by atoms with Crippen molar-refractivity contribution in [2.45, 2.75) is 38.2 Å². The summed E-state index contributed by atoms with van der Waals surface area (Å²) in [6.45, 7) is 2.13. The molecule has 0 radical (unpaired) electrons. The maximum absolute atomic E-state index is 13.6. The van der Waals surface area contributed by atoms with Crippen molar-refractivity contribution in [3.8, 4) is 0 Å². The van der Waals surface area contributed by atoms with E-state index in [1.807, 2.05) is 0 Å². The van der Waals surface area contributed by atoms with Crippen LogP contribution in [0.1, 0.15) is 38.4 Å². The molecule has 1 aromatic heterocycles. The standard InChI is InChI=1S/C15H17FO2/c1-10-4-3-7-15(17,9-10)13-8-11-5-2-6-12(16)14(11)18-13/h2,5-6,8,10,17H,3-4,7,9H2,1H3. The summed E-state index contributed by atoms with van der Waals surface area (Å²) in [6.07, 6.45) is 3.50. The lowest BCUT2D eigenvalue weighted by molar-refractivity contribution is -0.0346. The first-order valence-electron chi connectivity index (χ1n) is 6.49. The third-order valence-corrected chi connectivity index (χ3v) is 3.93. The zero-order valence-electron chi connectivity index (χ0n) is 10.4. The Hall–Kier alpha value is -1.35. The molecule has 2 nitrogen and oxygen atoms in total. The molecule has 2 unspecified atom stereocenters. The Morgan fingerprint density at radius 1 is 1.44 bits per heavy atom. The number of hydrogen-bond acceptors (Lipinski definition) is 2. The maximum atomic E-state index is 13.6. The van der Waals surface area contributed by atoms with Crippen LogP contribution in [0.15, 0.2) is 28.7 Å². The number of hydrogen-bond donors (Lipinski definition) is 1. The van der Waals surface area contributed by atoms with Gasteiger partial charge in [0.25, 0.3) is 0 Å². The molecule has 1 fully saturated rings. The molecule has 0 amide bonds. The molecule has 1 aromatic carbocycles. The molecule has 1 heterocycles. The van der Waals surface area contributed by atoms with Gasteiger partial charge in [-0.15, -0.1) is 0 Å². The minimum atomic E-state index is -0.927. The fraction of sp³-hybridized carbons (Fsp3) is 0.467. The van der Waals surface area contributed by atoms with E-state index in [2.05, 4.69) is 6.92 Å². The van der Waals surface area contributed by atoms with E-state index in [-0.39, 0.29) is 11.4 Å². The summed E-state index contributed by atoms with van der Waals surface area (Å²) in [7, 11) is 0. The highest BCUT2D eigenvalue weighted by atomic mass is 19.1. The number of furan rings is 1. The van der Waals surface area contributed by atoms with Gasteiger partial charge in [0, 0.05) is 5.39 Å². The summed E-state index contributed by atoms with van der Waals surface area (Å²) >= 11 is 0. The zero-order chi connectivity index (χ0) is 12.8. The lowest BCUT2D eigenvalue weighted by Crippen LogP contribution is -2.31. The average molecular weight is 248 g/mol. The molecular formula is C15H17FO2. The van der Waals surface area contributed by atoms with E-state index in [1.54, 1.807) is 18.2 Å². The van der Waals surface area contributed by atoms with E-state index < -0.39 is 5.60 Å². The number of fused-ring (bicyclic) bond motifs is 1. The number of para-hydroxylation sites is 1. The average Bonchev–Trinajstić information content (AvgIpc) is 2.75. The molecule has 3 heteroatoms. The summed E-state index contributed by atoms with van der Waals surface area (Å²) in [5, 5.41) is 11.4. The largest absolute Gasteiger partial charge is 0.455 e. The SMILES string of the molecule is CC1CCCC(O)(c2cc3cccc(F)c3o2)C1. The summed E-state index contributed by atoms with van der Waals surface area (Å²) in [6, 6.07) is 6.62. The first-order valence-corrected chi connectivity index (χ1v) is 6.49. The molecule has 0 saturated heterocycles. The van der Waals surface area contributed by atoms with Crippen molar-refractivity contribution >= 4 is 11.0 Å². The Morgan fingerprint density at radius 2 is 2.28 bits per heavy atom. The Labute approximate surface area is 105 Å². The van der Waals surface area contributed by atoms with Crippen molar-refractivity contribution in [2.24, 2.45) is 5.92 Å². The van der Waals surface area contributed by atoms with Crippen molar-refractivity contribution < 1.29 is 13.9 Å². The molecule has 1 aliphatic rings. The van der Waals surface area contributed by atoms with Gasteiger partial charge in [-0.2, -0.15) is 0 Å². The minimum Gasteiger partial charge on any atom is -0.455 e. The fourth-order valence-electron chi connectivity index (χ4n) is 3.00.